The fourth-order valence-electron chi connectivity index (χ4n) is 3.29. The van der Waals surface area contributed by atoms with Crippen molar-refractivity contribution in [3.8, 4) is 0 Å². The Labute approximate surface area is 163 Å². The lowest BCUT2D eigenvalue weighted by Gasteiger charge is -2.18. The zero-order valence-electron chi connectivity index (χ0n) is 18.2. The number of amides is 1. The number of carbonyl (C=O) groups excluding carboxylic acids is 1. The van der Waals surface area contributed by atoms with Gasteiger partial charge in [0.15, 0.2) is 0 Å². The molecule has 4 heteroatoms. The molecule has 0 aliphatic carbocycles. The number of rotatable bonds is 19. The minimum absolute atomic E-state index is 0.199. The van der Waals surface area contributed by atoms with Gasteiger partial charge in [-0.15, -0.1) is 0 Å². The van der Waals surface area contributed by atoms with E-state index in [-0.39, 0.29) is 5.91 Å². The van der Waals surface area contributed by atoms with Gasteiger partial charge in [-0.2, -0.15) is 0 Å². The standard InChI is InChI=1S/C22H47N3O/c1-5-6-7-8-9-10-11-12-13-14-16-21(2)24-22(26)17-20-25(4)19-15-18-23-3/h21,23H,5-20H2,1-4H3,(H,24,26). The minimum atomic E-state index is 0.199. The normalized spacial score (nSPS) is 12.5. The molecule has 0 fully saturated rings. The van der Waals surface area contributed by atoms with Crippen molar-refractivity contribution < 1.29 is 4.79 Å². The maximum Gasteiger partial charge on any atom is 0.221 e. The monoisotopic (exact) mass is 369 g/mol. The lowest BCUT2D eigenvalue weighted by atomic mass is 10.0. The molecule has 0 aromatic heterocycles. The van der Waals surface area contributed by atoms with E-state index >= 15 is 0 Å². The Morgan fingerprint density at radius 3 is 2.04 bits per heavy atom. The van der Waals surface area contributed by atoms with Gasteiger partial charge in [0.25, 0.3) is 0 Å². The summed E-state index contributed by atoms with van der Waals surface area (Å²) >= 11 is 0. The number of hydrogen-bond acceptors (Lipinski definition) is 3. The second kappa shape index (κ2) is 19.2. The van der Waals surface area contributed by atoms with Crippen molar-refractivity contribution in [2.24, 2.45) is 0 Å². The van der Waals surface area contributed by atoms with Gasteiger partial charge in [0.2, 0.25) is 5.91 Å². The first-order valence-corrected chi connectivity index (χ1v) is 11.2. The molecule has 0 aliphatic heterocycles. The van der Waals surface area contributed by atoms with Crippen LogP contribution in [-0.4, -0.2) is 50.6 Å². The van der Waals surface area contributed by atoms with E-state index in [1.807, 2.05) is 7.05 Å². The van der Waals surface area contributed by atoms with Crippen molar-refractivity contribution >= 4 is 5.91 Å². The second-order valence-electron chi connectivity index (χ2n) is 7.95. The highest BCUT2D eigenvalue weighted by Gasteiger charge is 2.08. The Morgan fingerprint density at radius 2 is 1.46 bits per heavy atom. The highest BCUT2D eigenvalue weighted by atomic mass is 16.1. The van der Waals surface area contributed by atoms with Crippen molar-refractivity contribution in [1.82, 2.24) is 15.5 Å². The van der Waals surface area contributed by atoms with Crippen molar-refractivity contribution in [3.05, 3.63) is 0 Å². The topological polar surface area (TPSA) is 44.4 Å². The molecular weight excluding hydrogens is 322 g/mol. The maximum atomic E-state index is 12.0. The molecule has 0 rings (SSSR count). The highest BCUT2D eigenvalue weighted by Crippen LogP contribution is 2.12. The zero-order valence-corrected chi connectivity index (χ0v) is 18.2. The first-order chi connectivity index (χ1) is 12.6. The molecule has 0 saturated carbocycles. The van der Waals surface area contributed by atoms with Gasteiger partial charge in [-0.1, -0.05) is 71.1 Å². The highest BCUT2D eigenvalue weighted by molar-refractivity contribution is 5.76. The van der Waals surface area contributed by atoms with Crippen LogP contribution in [-0.2, 0) is 4.79 Å². The van der Waals surface area contributed by atoms with E-state index in [9.17, 15) is 4.79 Å². The van der Waals surface area contributed by atoms with Crippen LogP contribution in [0.15, 0.2) is 0 Å². The van der Waals surface area contributed by atoms with Gasteiger partial charge in [0.1, 0.15) is 0 Å². The summed E-state index contributed by atoms with van der Waals surface area (Å²) < 4.78 is 0. The molecule has 26 heavy (non-hydrogen) atoms. The lowest BCUT2D eigenvalue weighted by molar-refractivity contribution is -0.122. The first-order valence-electron chi connectivity index (χ1n) is 11.2. The molecule has 1 atom stereocenters. The van der Waals surface area contributed by atoms with Crippen LogP contribution in [0.2, 0.25) is 0 Å². The van der Waals surface area contributed by atoms with Crippen LogP contribution in [0, 0.1) is 0 Å². The minimum Gasteiger partial charge on any atom is -0.354 e. The van der Waals surface area contributed by atoms with E-state index in [1.165, 1.54) is 64.2 Å². The smallest absolute Gasteiger partial charge is 0.221 e. The maximum absolute atomic E-state index is 12.0. The summed E-state index contributed by atoms with van der Waals surface area (Å²) in [5.41, 5.74) is 0. The molecule has 1 amide bonds. The van der Waals surface area contributed by atoms with Gasteiger partial charge in [-0.3, -0.25) is 4.79 Å². The Morgan fingerprint density at radius 1 is 0.885 bits per heavy atom. The Kier molecular flexibility index (Phi) is 18.7. The molecular formula is C22H47N3O. The third-order valence-corrected chi connectivity index (χ3v) is 5.09. The van der Waals surface area contributed by atoms with Crippen molar-refractivity contribution in [1.29, 1.82) is 0 Å². The summed E-state index contributed by atoms with van der Waals surface area (Å²) in [6.45, 7) is 7.34. The molecule has 2 N–H and O–H groups in total. The van der Waals surface area contributed by atoms with Crippen molar-refractivity contribution in [3.63, 3.8) is 0 Å². The van der Waals surface area contributed by atoms with Crippen LogP contribution in [0.3, 0.4) is 0 Å². The van der Waals surface area contributed by atoms with Crippen molar-refractivity contribution in [2.75, 3.05) is 33.7 Å². The second-order valence-corrected chi connectivity index (χ2v) is 7.95. The molecule has 156 valence electrons. The van der Waals surface area contributed by atoms with Gasteiger partial charge in [-0.25, -0.2) is 0 Å². The molecule has 1 unspecified atom stereocenters. The summed E-state index contributed by atoms with van der Waals surface area (Å²) in [5.74, 6) is 0.199. The molecule has 0 aromatic carbocycles. The molecule has 0 spiro atoms. The van der Waals surface area contributed by atoms with E-state index < -0.39 is 0 Å². The summed E-state index contributed by atoms with van der Waals surface area (Å²) in [5, 5.41) is 6.31. The molecule has 0 heterocycles. The quantitative estimate of drug-likeness (QED) is 0.323. The average Bonchev–Trinajstić information content (AvgIpc) is 2.62. The number of hydrogen-bond donors (Lipinski definition) is 2. The van der Waals surface area contributed by atoms with Crippen LogP contribution in [0.4, 0.5) is 0 Å². The van der Waals surface area contributed by atoms with Gasteiger partial charge < -0.3 is 15.5 Å². The number of nitrogens with zero attached hydrogens (tertiary/aromatic N) is 1. The summed E-state index contributed by atoms with van der Waals surface area (Å²) in [7, 11) is 4.07. The van der Waals surface area contributed by atoms with Crippen LogP contribution in [0.1, 0.15) is 97.3 Å². The Bertz CT molecular complexity index is 310. The van der Waals surface area contributed by atoms with Crippen LogP contribution < -0.4 is 10.6 Å². The fraction of sp³-hybridized carbons (Fsp3) is 0.955. The molecule has 4 nitrogen and oxygen atoms in total. The predicted molar refractivity (Wildman–Crippen MR) is 115 cm³/mol. The third-order valence-electron chi connectivity index (χ3n) is 5.09. The molecule has 0 bridgehead atoms. The summed E-state index contributed by atoms with van der Waals surface area (Å²) in [6, 6.07) is 0.311. The number of carbonyl (C=O) groups is 1. The van der Waals surface area contributed by atoms with Gasteiger partial charge in [-0.05, 0) is 47.0 Å². The molecule has 0 aliphatic rings. The van der Waals surface area contributed by atoms with E-state index in [1.54, 1.807) is 0 Å². The molecule has 0 radical (unpaired) electrons. The number of nitrogens with one attached hydrogen (secondary N) is 2. The lowest BCUT2D eigenvalue weighted by Crippen LogP contribution is -2.35. The molecule has 0 saturated heterocycles. The van der Waals surface area contributed by atoms with Crippen LogP contribution >= 0.6 is 0 Å². The zero-order chi connectivity index (χ0) is 19.5. The predicted octanol–water partition coefficient (Wildman–Crippen LogP) is 4.73. The van der Waals surface area contributed by atoms with Crippen LogP contribution in [0.25, 0.3) is 0 Å². The van der Waals surface area contributed by atoms with E-state index in [0.717, 1.165) is 32.5 Å². The first kappa shape index (κ1) is 25.4. The van der Waals surface area contributed by atoms with Crippen molar-refractivity contribution in [2.45, 2.75) is 103 Å². The SMILES string of the molecule is CCCCCCCCCCCCC(C)NC(=O)CCN(C)CCCNC. The van der Waals surface area contributed by atoms with Gasteiger partial charge in [0.05, 0.1) is 0 Å². The van der Waals surface area contributed by atoms with E-state index in [0.29, 0.717) is 12.5 Å². The average molecular weight is 370 g/mol. The van der Waals surface area contributed by atoms with Gasteiger partial charge in [0, 0.05) is 19.0 Å². The molecule has 0 aromatic rings. The van der Waals surface area contributed by atoms with Crippen LogP contribution in [0.5, 0.6) is 0 Å². The van der Waals surface area contributed by atoms with E-state index in [2.05, 4.69) is 36.4 Å². The van der Waals surface area contributed by atoms with E-state index in [4.69, 9.17) is 0 Å². The largest absolute Gasteiger partial charge is 0.354 e. The summed E-state index contributed by atoms with van der Waals surface area (Å²) in [6.07, 6.45) is 16.5. The summed E-state index contributed by atoms with van der Waals surface area (Å²) in [4.78, 5) is 14.3. The van der Waals surface area contributed by atoms with Gasteiger partial charge >= 0.3 is 0 Å². The number of unbranched alkanes of at least 4 members (excludes halogenated alkanes) is 9. The fourth-order valence-corrected chi connectivity index (χ4v) is 3.29. The Hall–Kier alpha value is -0.610. The Balaban J connectivity index is 3.44. The third kappa shape index (κ3) is 18.2.